The predicted octanol–water partition coefficient (Wildman–Crippen LogP) is 6.05. The predicted molar refractivity (Wildman–Crippen MR) is 164 cm³/mol. The number of urea groups is 1. The largest absolute Gasteiger partial charge is 0.457 e. The van der Waals surface area contributed by atoms with Gasteiger partial charge in [0.1, 0.15) is 23.4 Å². The van der Waals surface area contributed by atoms with E-state index in [2.05, 4.69) is 10.6 Å². The quantitative estimate of drug-likeness (QED) is 0.248. The number of ether oxygens (including phenoxy) is 1. The summed E-state index contributed by atoms with van der Waals surface area (Å²) < 4.78 is 20.5. The summed E-state index contributed by atoms with van der Waals surface area (Å²) >= 11 is 0. The van der Waals surface area contributed by atoms with Crippen LogP contribution < -0.4 is 15.4 Å². The van der Waals surface area contributed by atoms with Gasteiger partial charge in [0.2, 0.25) is 5.91 Å². The van der Waals surface area contributed by atoms with E-state index < -0.39 is 23.8 Å². The standard InChI is InChI=1S/C35H31FN4O4/c1-2-39-30-22-40(29(20-23-12-5-3-6-13-23)33(41)37-28-19-10-9-18-27(28)36)34(42)31(30)32(38-35(39)43)24-14-11-17-26(21-24)44-25-15-7-4-8-16-25/h3-19,21,29,32H,2,20,22H2,1H3,(H,37,41)(H,38,43)/t29-,32-/m1/s1. The Morgan fingerprint density at radius 1 is 0.932 bits per heavy atom. The van der Waals surface area contributed by atoms with Crippen molar-refractivity contribution in [3.05, 3.63) is 137 Å². The molecule has 222 valence electrons. The highest BCUT2D eigenvalue weighted by Gasteiger charge is 2.47. The summed E-state index contributed by atoms with van der Waals surface area (Å²) in [6.45, 7) is 2.22. The molecule has 0 radical (unpaired) electrons. The van der Waals surface area contributed by atoms with Gasteiger partial charge in [0.15, 0.2) is 0 Å². The van der Waals surface area contributed by atoms with Crippen LogP contribution in [0.4, 0.5) is 14.9 Å². The van der Waals surface area contributed by atoms with Gasteiger partial charge in [-0.05, 0) is 54.4 Å². The van der Waals surface area contributed by atoms with Gasteiger partial charge < -0.3 is 20.3 Å². The highest BCUT2D eigenvalue weighted by atomic mass is 19.1. The van der Waals surface area contributed by atoms with Crippen LogP contribution >= 0.6 is 0 Å². The summed E-state index contributed by atoms with van der Waals surface area (Å²) in [6, 6.07) is 29.7. The molecule has 44 heavy (non-hydrogen) atoms. The number of para-hydroxylation sites is 2. The van der Waals surface area contributed by atoms with Gasteiger partial charge in [-0.1, -0.05) is 72.8 Å². The number of carbonyl (C=O) groups is 3. The Bertz CT molecular complexity index is 1730. The van der Waals surface area contributed by atoms with Crippen molar-refractivity contribution in [1.82, 2.24) is 15.1 Å². The van der Waals surface area contributed by atoms with Crippen molar-refractivity contribution in [3.8, 4) is 11.5 Å². The lowest BCUT2D eigenvalue weighted by Gasteiger charge is -2.33. The summed E-state index contributed by atoms with van der Waals surface area (Å²) in [5, 5.41) is 5.67. The van der Waals surface area contributed by atoms with Crippen LogP contribution in [0.5, 0.6) is 11.5 Å². The molecule has 0 saturated carbocycles. The third kappa shape index (κ3) is 5.76. The first kappa shape index (κ1) is 28.7. The Labute approximate surface area is 254 Å². The average Bonchev–Trinajstić information content (AvgIpc) is 3.38. The SMILES string of the molecule is CCN1C(=O)N[C@H](c2cccc(Oc3ccccc3)c2)C2=C1CN([C@H](Cc1ccccc1)C(=O)Nc1ccccc1F)C2=O. The van der Waals surface area contributed by atoms with Crippen LogP contribution in [0, 0.1) is 5.82 Å². The number of carbonyl (C=O) groups excluding carboxylic acids is 3. The summed E-state index contributed by atoms with van der Waals surface area (Å²) in [7, 11) is 0. The van der Waals surface area contributed by atoms with Crippen molar-refractivity contribution < 1.29 is 23.5 Å². The Balaban J connectivity index is 1.34. The number of amides is 4. The molecule has 9 heteroatoms. The maximum absolute atomic E-state index is 14.5. The first-order chi connectivity index (χ1) is 21.4. The number of nitrogens with zero attached hydrogens (tertiary/aromatic N) is 2. The zero-order valence-corrected chi connectivity index (χ0v) is 24.1. The van der Waals surface area contributed by atoms with Gasteiger partial charge in [-0.2, -0.15) is 0 Å². The number of likely N-dealkylation sites (N-methyl/N-ethyl adjacent to an activating group) is 1. The van der Waals surface area contributed by atoms with Crippen LogP contribution in [0.1, 0.15) is 24.1 Å². The first-order valence-corrected chi connectivity index (χ1v) is 14.5. The van der Waals surface area contributed by atoms with E-state index in [4.69, 9.17) is 4.74 Å². The van der Waals surface area contributed by atoms with E-state index in [9.17, 15) is 18.8 Å². The molecule has 4 aromatic rings. The summed E-state index contributed by atoms with van der Waals surface area (Å²) in [5.41, 5.74) is 2.46. The smallest absolute Gasteiger partial charge is 0.322 e. The lowest BCUT2D eigenvalue weighted by atomic mass is 9.95. The lowest BCUT2D eigenvalue weighted by Crippen LogP contribution is -2.47. The minimum atomic E-state index is -0.975. The van der Waals surface area contributed by atoms with Crippen LogP contribution in [-0.2, 0) is 16.0 Å². The van der Waals surface area contributed by atoms with Crippen molar-refractivity contribution in [3.63, 3.8) is 0 Å². The summed E-state index contributed by atoms with van der Waals surface area (Å²) in [4.78, 5) is 44.4. The highest BCUT2D eigenvalue weighted by Crippen LogP contribution is 2.38. The molecule has 2 atom stereocenters. The van der Waals surface area contributed by atoms with Gasteiger partial charge in [-0.3, -0.25) is 14.5 Å². The molecule has 0 saturated heterocycles. The van der Waals surface area contributed by atoms with Gasteiger partial charge in [0, 0.05) is 13.0 Å². The summed E-state index contributed by atoms with van der Waals surface area (Å²) in [5.74, 6) is -0.264. The van der Waals surface area contributed by atoms with Crippen LogP contribution in [0.2, 0.25) is 0 Å². The molecule has 2 heterocycles. The molecule has 6 rings (SSSR count). The number of benzene rings is 4. The molecule has 0 aromatic heterocycles. The van der Waals surface area contributed by atoms with E-state index in [1.54, 1.807) is 18.2 Å². The minimum absolute atomic E-state index is 0.0278. The molecule has 4 aromatic carbocycles. The average molecular weight is 591 g/mol. The second-order valence-corrected chi connectivity index (χ2v) is 10.6. The lowest BCUT2D eigenvalue weighted by molar-refractivity contribution is -0.134. The number of anilines is 1. The molecular weight excluding hydrogens is 559 g/mol. The molecule has 0 bridgehead atoms. The second kappa shape index (κ2) is 12.4. The van der Waals surface area contributed by atoms with Gasteiger partial charge in [-0.25, -0.2) is 9.18 Å². The second-order valence-electron chi connectivity index (χ2n) is 10.6. The van der Waals surface area contributed by atoms with E-state index >= 15 is 0 Å². The summed E-state index contributed by atoms with van der Waals surface area (Å²) in [6.07, 6.45) is 0.200. The molecule has 0 aliphatic carbocycles. The minimum Gasteiger partial charge on any atom is -0.457 e. The fourth-order valence-corrected chi connectivity index (χ4v) is 5.69. The number of halogens is 1. The molecule has 0 spiro atoms. The maximum atomic E-state index is 14.5. The Morgan fingerprint density at radius 2 is 1.61 bits per heavy atom. The van der Waals surface area contributed by atoms with Crippen molar-refractivity contribution in [2.24, 2.45) is 0 Å². The maximum Gasteiger partial charge on any atom is 0.322 e. The fraction of sp³-hybridized carbons (Fsp3) is 0.171. The van der Waals surface area contributed by atoms with Gasteiger partial charge >= 0.3 is 6.03 Å². The van der Waals surface area contributed by atoms with E-state index in [1.165, 1.54) is 28.0 Å². The zero-order chi connectivity index (χ0) is 30.6. The number of hydrogen-bond acceptors (Lipinski definition) is 4. The van der Waals surface area contributed by atoms with E-state index in [1.807, 2.05) is 79.7 Å². The Hall–Kier alpha value is -5.44. The molecule has 2 aliphatic rings. The Kier molecular flexibility index (Phi) is 8.10. The van der Waals surface area contributed by atoms with Gasteiger partial charge in [0.05, 0.1) is 29.5 Å². The normalized spacial score (nSPS) is 16.8. The molecule has 2 N–H and O–H groups in total. The van der Waals surface area contributed by atoms with Crippen LogP contribution in [0.3, 0.4) is 0 Å². The first-order valence-electron chi connectivity index (χ1n) is 14.5. The molecule has 4 amide bonds. The van der Waals surface area contributed by atoms with Crippen molar-refractivity contribution in [2.75, 3.05) is 18.4 Å². The topological polar surface area (TPSA) is 91.0 Å². The van der Waals surface area contributed by atoms with Crippen molar-refractivity contribution >= 4 is 23.5 Å². The Morgan fingerprint density at radius 3 is 2.34 bits per heavy atom. The molecule has 8 nitrogen and oxygen atoms in total. The van der Waals surface area contributed by atoms with Gasteiger partial charge in [0.25, 0.3) is 5.91 Å². The van der Waals surface area contributed by atoms with Crippen molar-refractivity contribution in [1.29, 1.82) is 0 Å². The fourth-order valence-electron chi connectivity index (χ4n) is 5.69. The highest BCUT2D eigenvalue weighted by molar-refractivity contribution is 6.05. The monoisotopic (exact) mass is 590 g/mol. The molecular formula is C35H31FN4O4. The van der Waals surface area contributed by atoms with E-state index in [0.717, 1.165) is 5.56 Å². The van der Waals surface area contributed by atoms with E-state index in [0.29, 0.717) is 34.9 Å². The third-order valence-electron chi connectivity index (χ3n) is 7.82. The number of rotatable bonds is 9. The van der Waals surface area contributed by atoms with Crippen LogP contribution in [-0.4, -0.2) is 46.8 Å². The van der Waals surface area contributed by atoms with Crippen molar-refractivity contribution in [2.45, 2.75) is 25.4 Å². The molecule has 0 unspecified atom stereocenters. The van der Waals surface area contributed by atoms with Gasteiger partial charge in [-0.15, -0.1) is 0 Å². The van der Waals surface area contributed by atoms with Crippen LogP contribution in [0.15, 0.2) is 120 Å². The van der Waals surface area contributed by atoms with E-state index in [-0.39, 0.29) is 30.6 Å². The number of nitrogens with one attached hydrogen (secondary N) is 2. The van der Waals surface area contributed by atoms with Crippen LogP contribution in [0.25, 0.3) is 0 Å². The third-order valence-corrected chi connectivity index (χ3v) is 7.82. The molecule has 2 aliphatic heterocycles. The number of hydrogen-bond donors (Lipinski definition) is 2. The zero-order valence-electron chi connectivity index (χ0n) is 24.1. The molecule has 0 fully saturated rings.